The van der Waals surface area contributed by atoms with Gasteiger partial charge in [-0.25, -0.2) is 4.98 Å². The van der Waals surface area contributed by atoms with Crippen LogP contribution >= 0.6 is 0 Å². The Bertz CT molecular complexity index is 3160. The van der Waals surface area contributed by atoms with Gasteiger partial charge in [0.05, 0.1) is 27.8 Å². The van der Waals surface area contributed by atoms with Gasteiger partial charge in [-0.05, 0) is 72.3 Å². The van der Waals surface area contributed by atoms with Crippen molar-refractivity contribution in [3.8, 4) is 28.3 Å². The van der Waals surface area contributed by atoms with E-state index in [1.165, 1.54) is 10.8 Å². The molecule has 0 aliphatic rings. The number of hydrogen-bond acceptors (Lipinski definition) is 4. The molecular formula is C49H31N3O2. The van der Waals surface area contributed by atoms with Gasteiger partial charge < -0.3 is 18.3 Å². The third kappa shape index (κ3) is 4.69. The lowest BCUT2D eigenvalue weighted by Gasteiger charge is -2.29. The summed E-state index contributed by atoms with van der Waals surface area (Å²) in [4.78, 5) is 7.37. The average molecular weight is 694 g/mol. The van der Waals surface area contributed by atoms with Gasteiger partial charge in [-0.3, -0.25) is 0 Å². The van der Waals surface area contributed by atoms with E-state index in [2.05, 4.69) is 155 Å². The topological polar surface area (TPSA) is 47.3 Å². The second-order valence-electron chi connectivity index (χ2n) is 13.5. The van der Waals surface area contributed by atoms with Crippen LogP contribution in [0.3, 0.4) is 0 Å². The van der Waals surface area contributed by atoms with Crippen LogP contribution in [0.25, 0.3) is 83.1 Å². The Morgan fingerprint density at radius 2 is 1.13 bits per heavy atom. The molecule has 0 unspecified atom stereocenters. The molecule has 254 valence electrons. The number of oxazole rings is 1. The molecule has 11 aromatic rings. The fourth-order valence-corrected chi connectivity index (χ4v) is 8.05. The van der Waals surface area contributed by atoms with Crippen molar-refractivity contribution in [1.29, 1.82) is 0 Å². The molecule has 0 atom stereocenters. The van der Waals surface area contributed by atoms with E-state index in [-0.39, 0.29) is 0 Å². The Balaban J connectivity index is 1.19. The summed E-state index contributed by atoms with van der Waals surface area (Å²) in [5.41, 5.74) is 12.7. The number of benzene rings is 8. The van der Waals surface area contributed by atoms with Crippen LogP contribution in [0.2, 0.25) is 0 Å². The number of nitrogens with zero attached hydrogens (tertiary/aromatic N) is 3. The third-order valence-corrected chi connectivity index (χ3v) is 10.4. The molecule has 5 heteroatoms. The summed E-state index contributed by atoms with van der Waals surface area (Å²) in [5, 5.41) is 4.32. The number of anilines is 3. The first-order valence-electron chi connectivity index (χ1n) is 18.1. The van der Waals surface area contributed by atoms with Gasteiger partial charge in [-0.2, -0.15) is 0 Å². The molecule has 0 saturated carbocycles. The summed E-state index contributed by atoms with van der Waals surface area (Å²) in [6.45, 7) is 0. The lowest BCUT2D eigenvalue weighted by atomic mass is 10.0. The van der Waals surface area contributed by atoms with Crippen molar-refractivity contribution >= 4 is 71.9 Å². The van der Waals surface area contributed by atoms with Crippen molar-refractivity contribution in [3.05, 3.63) is 188 Å². The molecule has 54 heavy (non-hydrogen) atoms. The second-order valence-corrected chi connectivity index (χ2v) is 13.5. The molecule has 3 heterocycles. The number of hydrogen-bond donors (Lipinski definition) is 0. The van der Waals surface area contributed by atoms with Gasteiger partial charge in [-0.1, -0.05) is 115 Å². The average Bonchev–Trinajstić information content (AvgIpc) is 3.94. The first kappa shape index (κ1) is 30.3. The zero-order valence-corrected chi connectivity index (χ0v) is 29.1. The summed E-state index contributed by atoms with van der Waals surface area (Å²) in [5.74, 6) is 0.592. The molecule has 0 aliphatic carbocycles. The number of fused-ring (bicyclic) bond motifs is 8. The molecule has 3 aromatic heterocycles. The molecule has 0 fully saturated rings. The largest absolute Gasteiger partial charge is 0.456 e. The summed E-state index contributed by atoms with van der Waals surface area (Å²) < 4.78 is 15.3. The lowest BCUT2D eigenvalue weighted by molar-refractivity contribution is 0.619. The normalized spacial score (nSPS) is 11.7. The van der Waals surface area contributed by atoms with Crippen molar-refractivity contribution in [2.75, 3.05) is 4.90 Å². The maximum absolute atomic E-state index is 6.67. The van der Waals surface area contributed by atoms with Gasteiger partial charge in [0, 0.05) is 44.7 Å². The van der Waals surface area contributed by atoms with Crippen molar-refractivity contribution in [2.24, 2.45) is 0 Å². The van der Waals surface area contributed by atoms with E-state index in [1.54, 1.807) is 0 Å². The predicted octanol–water partition coefficient (Wildman–Crippen LogP) is 13.6. The SMILES string of the molecule is c1ccc(-c2nc3c(ccc4oc5cc(N(c6ccccc6-c6ccccc6)c6cccc7c8ccccc8n(-c8ccccc8)c67)ccc5c43)o2)cc1. The molecular weight excluding hydrogens is 663 g/mol. The van der Waals surface area contributed by atoms with Crippen molar-refractivity contribution < 1.29 is 8.83 Å². The fourth-order valence-electron chi connectivity index (χ4n) is 8.05. The first-order valence-corrected chi connectivity index (χ1v) is 18.1. The zero-order valence-electron chi connectivity index (χ0n) is 29.1. The molecule has 0 aliphatic heterocycles. The minimum atomic E-state index is 0.592. The van der Waals surface area contributed by atoms with Crippen molar-refractivity contribution in [1.82, 2.24) is 9.55 Å². The zero-order chi connectivity index (χ0) is 35.6. The Kier molecular flexibility index (Phi) is 6.79. The second kappa shape index (κ2) is 12.1. The summed E-state index contributed by atoms with van der Waals surface area (Å²) in [6, 6.07) is 65.7. The summed E-state index contributed by atoms with van der Waals surface area (Å²) in [7, 11) is 0. The number of furan rings is 1. The first-order chi connectivity index (χ1) is 26.8. The third-order valence-electron chi connectivity index (χ3n) is 10.4. The Morgan fingerprint density at radius 3 is 1.96 bits per heavy atom. The molecule has 0 spiro atoms. The number of para-hydroxylation sites is 4. The van der Waals surface area contributed by atoms with E-state index in [4.69, 9.17) is 13.8 Å². The molecule has 0 N–H and O–H groups in total. The van der Waals surface area contributed by atoms with Crippen LogP contribution in [0.5, 0.6) is 0 Å². The van der Waals surface area contributed by atoms with Crippen LogP contribution in [-0.4, -0.2) is 9.55 Å². The molecule has 8 aromatic carbocycles. The van der Waals surface area contributed by atoms with Crippen LogP contribution in [0.15, 0.2) is 197 Å². The molecule has 0 saturated heterocycles. The molecule has 0 bridgehead atoms. The summed E-state index contributed by atoms with van der Waals surface area (Å²) in [6.07, 6.45) is 0. The quantitative estimate of drug-likeness (QED) is 0.174. The highest BCUT2D eigenvalue weighted by Crippen LogP contribution is 2.47. The van der Waals surface area contributed by atoms with E-state index in [0.29, 0.717) is 5.89 Å². The molecule has 11 rings (SSSR count). The minimum Gasteiger partial charge on any atom is -0.456 e. The molecule has 5 nitrogen and oxygen atoms in total. The standard InChI is InChI=1S/C49H31N3O2/c1-4-15-32(16-5-1)36-21-10-12-24-40(36)51(42-26-14-23-38-37-22-11-13-25-41(37)52(48(38)42)34-19-8-3-9-20-34)35-27-28-39-45(31-35)53-43-29-30-44-47(46(39)43)50-49(54-44)33-17-6-2-7-18-33/h1-31H. The van der Waals surface area contributed by atoms with Gasteiger partial charge in [0.1, 0.15) is 16.7 Å². The highest BCUT2D eigenvalue weighted by molar-refractivity contribution is 6.18. The smallest absolute Gasteiger partial charge is 0.227 e. The van der Waals surface area contributed by atoms with Crippen LogP contribution in [0, 0.1) is 0 Å². The molecule has 0 amide bonds. The number of rotatable bonds is 6. The lowest BCUT2D eigenvalue weighted by Crippen LogP contribution is -2.12. The Labute approximate surface area is 310 Å². The van der Waals surface area contributed by atoms with Crippen molar-refractivity contribution in [2.45, 2.75) is 0 Å². The van der Waals surface area contributed by atoms with E-state index >= 15 is 0 Å². The van der Waals surface area contributed by atoms with E-state index in [0.717, 1.165) is 83.5 Å². The van der Waals surface area contributed by atoms with Crippen LogP contribution in [0.4, 0.5) is 17.1 Å². The van der Waals surface area contributed by atoms with Crippen LogP contribution in [0.1, 0.15) is 0 Å². The van der Waals surface area contributed by atoms with Gasteiger partial charge in [0.25, 0.3) is 0 Å². The van der Waals surface area contributed by atoms with Crippen LogP contribution < -0.4 is 4.90 Å². The van der Waals surface area contributed by atoms with Crippen LogP contribution in [-0.2, 0) is 0 Å². The minimum absolute atomic E-state index is 0.592. The van der Waals surface area contributed by atoms with Crippen molar-refractivity contribution in [3.63, 3.8) is 0 Å². The predicted molar refractivity (Wildman–Crippen MR) is 221 cm³/mol. The maximum Gasteiger partial charge on any atom is 0.227 e. The Morgan fingerprint density at radius 1 is 0.463 bits per heavy atom. The monoisotopic (exact) mass is 693 g/mol. The van der Waals surface area contributed by atoms with E-state index < -0.39 is 0 Å². The maximum atomic E-state index is 6.67. The van der Waals surface area contributed by atoms with Gasteiger partial charge in [-0.15, -0.1) is 0 Å². The van der Waals surface area contributed by atoms with Gasteiger partial charge in [0.2, 0.25) is 5.89 Å². The highest BCUT2D eigenvalue weighted by atomic mass is 16.4. The van der Waals surface area contributed by atoms with Gasteiger partial charge >= 0.3 is 0 Å². The summed E-state index contributed by atoms with van der Waals surface area (Å²) >= 11 is 0. The Hall–Kier alpha value is -7.37. The highest BCUT2D eigenvalue weighted by Gasteiger charge is 2.25. The molecule has 0 radical (unpaired) electrons. The van der Waals surface area contributed by atoms with E-state index in [1.807, 2.05) is 42.5 Å². The van der Waals surface area contributed by atoms with Gasteiger partial charge in [0.15, 0.2) is 5.58 Å². The fraction of sp³-hybridized carbons (Fsp3) is 0. The van der Waals surface area contributed by atoms with E-state index in [9.17, 15) is 0 Å². The number of aromatic nitrogens is 2.